The molecule has 0 spiro atoms. The summed E-state index contributed by atoms with van der Waals surface area (Å²) in [6.07, 6.45) is 6.55. The van der Waals surface area contributed by atoms with Crippen LogP contribution in [0.2, 0.25) is 0 Å². The molecule has 35 heavy (non-hydrogen) atoms. The van der Waals surface area contributed by atoms with Gasteiger partial charge in [0.15, 0.2) is 0 Å². The second-order valence-corrected chi connectivity index (χ2v) is 9.34. The number of carbonyl (C=O) groups is 2. The lowest BCUT2D eigenvalue weighted by atomic mass is 10.0. The third-order valence-corrected chi connectivity index (χ3v) is 5.75. The molecule has 3 aromatic carbocycles. The molecule has 0 saturated heterocycles. The Kier molecular flexibility index (Phi) is 8.80. The molecule has 2 N–H and O–H groups in total. The highest BCUT2D eigenvalue weighted by molar-refractivity contribution is 6.08. The topological polar surface area (TPSA) is 58.2 Å². The third-order valence-electron chi connectivity index (χ3n) is 5.75. The summed E-state index contributed by atoms with van der Waals surface area (Å²) in [5.74, 6) is 0.399. The van der Waals surface area contributed by atoms with E-state index in [9.17, 15) is 9.59 Å². The van der Waals surface area contributed by atoms with E-state index in [1.165, 1.54) is 23.3 Å². The average Bonchev–Trinajstić information content (AvgIpc) is 2.83. The van der Waals surface area contributed by atoms with Gasteiger partial charge >= 0.3 is 0 Å². The highest BCUT2D eigenvalue weighted by Crippen LogP contribution is 2.24. The Bertz CT molecular complexity index is 1220. The Morgan fingerprint density at radius 3 is 1.49 bits per heavy atom. The molecule has 3 rings (SSSR count). The number of benzene rings is 3. The van der Waals surface area contributed by atoms with Gasteiger partial charge in [-0.25, -0.2) is 0 Å². The Morgan fingerprint density at radius 2 is 1.06 bits per heavy atom. The first-order valence-electron chi connectivity index (χ1n) is 12.0. The van der Waals surface area contributed by atoms with Crippen molar-refractivity contribution in [1.82, 2.24) is 0 Å². The standard InChI is InChI=1S/C31H34N2O2/c1-21(2)26-13-7-24(8-14-26)11-18-30(34)32-28-17-6-23(5)20-29(28)33-31(35)19-12-25-9-15-27(16-10-25)22(3)4/h6-22H,1-5H3,(H,32,34)(H,33,35)/b18-11+,19-12+. The lowest BCUT2D eigenvalue weighted by Gasteiger charge is -2.11. The lowest BCUT2D eigenvalue weighted by molar-refractivity contribution is -0.112. The predicted octanol–water partition coefficient (Wildman–Crippen LogP) is 7.55. The summed E-state index contributed by atoms with van der Waals surface area (Å²) in [6.45, 7) is 10.5. The van der Waals surface area contributed by atoms with Gasteiger partial charge in [0.05, 0.1) is 11.4 Å². The van der Waals surface area contributed by atoms with Gasteiger partial charge < -0.3 is 10.6 Å². The van der Waals surface area contributed by atoms with Gasteiger partial charge in [-0.15, -0.1) is 0 Å². The van der Waals surface area contributed by atoms with E-state index < -0.39 is 0 Å². The molecule has 0 aromatic heterocycles. The molecule has 0 bridgehead atoms. The first-order valence-corrected chi connectivity index (χ1v) is 12.0. The van der Waals surface area contributed by atoms with E-state index in [2.05, 4.69) is 62.6 Å². The van der Waals surface area contributed by atoms with Crippen LogP contribution in [0.1, 0.15) is 67.3 Å². The van der Waals surface area contributed by atoms with Gasteiger partial charge in [-0.05, 0) is 70.9 Å². The maximum Gasteiger partial charge on any atom is 0.248 e. The van der Waals surface area contributed by atoms with Crippen LogP contribution in [0.5, 0.6) is 0 Å². The van der Waals surface area contributed by atoms with Crippen LogP contribution in [0.3, 0.4) is 0 Å². The zero-order valence-electron chi connectivity index (χ0n) is 21.1. The molecule has 0 radical (unpaired) electrons. The molecule has 0 aliphatic heterocycles. The Balaban J connectivity index is 1.65. The van der Waals surface area contributed by atoms with Crippen molar-refractivity contribution in [2.75, 3.05) is 10.6 Å². The minimum atomic E-state index is -0.266. The first kappa shape index (κ1) is 25.7. The van der Waals surface area contributed by atoms with Gasteiger partial charge in [0, 0.05) is 12.2 Å². The summed E-state index contributed by atoms with van der Waals surface area (Å²) in [4.78, 5) is 25.1. The highest BCUT2D eigenvalue weighted by Gasteiger charge is 2.08. The van der Waals surface area contributed by atoms with Crippen molar-refractivity contribution in [3.05, 3.63) is 107 Å². The molecule has 4 heteroatoms. The molecule has 0 fully saturated rings. The molecule has 3 aromatic rings. The van der Waals surface area contributed by atoms with E-state index in [0.717, 1.165) is 16.7 Å². The Morgan fingerprint density at radius 1 is 0.629 bits per heavy atom. The van der Waals surface area contributed by atoms with Gasteiger partial charge in [0.25, 0.3) is 0 Å². The minimum Gasteiger partial charge on any atom is -0.321 e. The molecule has 0 aliphatic carbocycles. The Labute approximate surface area is 208 Å². The molecule has 0 heterocycles. The molecule has 0 aliphatic rings. The monoisotopic (exact) mass is 466 g/mol. The van der Waals surface area contributed by atoms with Gasteiger partial charge in [0.1, 0.15) is 0 Å². The second-order valence-electron chi connectivity index (χ2n) is 9.34. The maximum atomic E-state index is 12.6. The summed E-state index contributed by atoms with van der Waals surface area (Å²) in [6, 6.07) is 21.8. The molecular weight excluding hydrogens is 432 g/mol. The van der Waals surface area contributed by atoms with Crippen LogP contribution in [0, 0.1) is 6.92 Å². The molecule has 180 valence electrons. The van der Waals surface area contributed by atoms with E-state index in [-0.39, 0.29) is 11.8 Å². The molecule has 0 unspecified atom stereocenters. The summed E-state index contributed by atoms with van der Waals surface area (Å²) >= 11 is 0. The first-order chi connectivity index (χ1) is 16.7. The van der Waals surface area contributed by atoms with Gasteiger partial charge in [-0.2, -0.15) is 0 Å². The SMILES string of the molecule is Cc1ccc(NC(=O)/C=C/c2ccc(C(C)C)cc2)c(NC(=O)/C=C/c2ccc(C(C)C)cc2)c1. The number of carbonyl (C=O) groups excluding carboxylic acids is 2. The third kappa shape index (κ3) is 7.82. The van der Waals surface area contributed by atoms with Crippen molar-refractivity contribution in [2.24, 2.45) is 0 Å². The fourth-order valence-electron chi connectivity index (χ4n) is 3.55. The average molecular weight is 467 g/mol. The number of hydrogen-bond acceptors (Lipinski definition) is 2. The van der Waals surface area contributed by atoms with E-state index >= 15 is 0 Å². The van der Waals surface area contributed by atoms with Crippen molar-refractivity contribution >= 4 is 35.3 Å². The van der Waals surface area contributed by atoms with Crippen LogP contribution in [0.25, 0.3) is 12.2 Å². The smallest absolute Gasteiger partial charge is 0.248 e. The fraction of sp³-hybridized carbons (Fsp3) is 0.226. The van der Waals surface area contributed by atoms with E-state index in [4.69, 9.17) is 0 Å². The number of rotatable bonds is 8. The van der Waals surface area contributed by atoms with Gasteiger partial charge in [-0.1, -0.05) is 82.3 Å². The fourth-order valence-corrected chi connectivity index (χ4v) is 3.55. The maximum absolute atomic E-state index is 12.6. The van der Waals surface area contributed by atoms with Crippen molar-refractivity contribution in [1.29, 1.82) is 0 Å². The molecule has 0 saturated carbocycles. The van der Waals surface area contributed by atoms with Crippen molar-refractivity contribution < 1.29 is 9.59 Å². The number of aryl methyl sites for hydroxylation is 1. The van der Waals surface area contributed by atoms with Crippen molar-refractivity contribution in [3.63, 3.8) is 0 Å². The number of anilines is 2. The molecule has 2 amide bonds. The van der Waals surface area contributed by atoms with Crippen LogP contribution in [0.15, 0.2) is 78.9 Å². The quantitative estimate of drug-likeness (QED) is 0.337. The molecular formula is C31H34N2O2. The van der Waals surface area contributed by atoms with Crippen LogP contribution in [-0.4, -0.2) is 11.8 Å². The minimum absolute atomic E-state index is 0.264. The van der Waals surface area contributed by atoms with Crippen molar-refractivity contribution in [3.8, 4) is 0 Å². The van der Waals surface area contributed by atoms with E-state index in [1.54, 1.807) is 18.2 Å². The zero-order valence-corrected chi connectivity index (χ0v) is 21.1. The second kappa shape index (κ2) is 12.0. The van der Waals surface area contributed by atoms with Gasteiger partial charge in [-0.3, -0.25) is 9.59 Å². The molecule has 0 atom stereocenters. The zero-order chi connectivity index (χ0) is 25.4. The van der Waals surface area contributed by atoms with Crippen LogP contribution >= 0.6 is 0 Å². The highest BCUT2D eigenvalue weighted by atomic mass is 16.2. The van der Waals surface area contributed by atoms with Crippen LogP contribution < -0.4 is 10.6 Å². The van der Waals surface area contributed by atoms with E-state index in [0.29, 0.717) is 23.2 Å². The number of amides is 2. The van der Waals surface area contributed by atoms with Crippen LogP contribution in [0.4, 0.5) is 11.4 Å². The lowest BCUT2D eigenvalue weighted by Crippen LogP contribution is -2.14. The number of nitrogens with one attached hydrogen (secondary N) is 2. The normalized spacial score (nSPS) is 11.5. The molecule has 4 nitrogen and oxygen atoms in total. The largest absolute Gasteiger partial charge is 0.321 e. The predicted molar refractivity (Wildman–Crippen MR) is 148 cm³/mol. The number of hydrogen-bond donors (Lipinski definition) is 2. The van der Waals surface area contributed by atoms with Gasteiger partial charge in [0.2, 0.25) is 11.8 Å². The summed E-state index contributed by atoms with van der Waals surface area (Å²) in [5, 5.41) is 5.75. The Hall–Kier alpha value is -3.92. The van der Waals surface area contributed by atoms with Crippen LogP contribution in [-0.2, 0) is 9.59 Å². The summed E-state index contributed by atoms with van der Waals surface area (Å²) in [7, 11) is 0. The van der Waals surface area contributed by atoms with E-state index in [1.807, 2.05) is 43.3 Å². The summed E-state index contributed by atoms with van der Waals surface area (Å²) in [5.41, 5.74) is 6.50. The summed E-state index contributed by atoms with van der Waals surface area (Å²) < 4.78 is 0. The van der Waals surface area contributed by atoms with Crippen molar-refractivity contribution in [2.45, 2.75) is 46.5 Å².